The summed E-state index contributed by atoms with van der Waals surface area (Å²) in [5.41, 5.74) is 7.40. The summed E-state index contributed by atoms with van der Waals surface area (Å²) in [6, 6.07) is 7.93. The second-order valence-electron chi connectivity index (χ2n) is 4.17. The van der Waals surface area contributed by atoms with E-state index in [4.69, 9.17) is 10.6 Å². The molecule has 5 heteroatoms. The summed E-state index contributed by atoms with van der Waals surface area (Å²) in [5, 5.41) is 0. The summed E-state index contributed by atoms with van der Waals surface area (Å²) in [6.45, 7) is 1.72. The van der Waals surface area contributed by atoms with Crippen molar-refractivity contribution in [2.45, 2.75) is 6.54 Å². The van der Waals surface area contributed by atoms with E-state index >= 15 is 0 Å². The van der Waals surface area contributed by atoms with E-state index in [1.165, 1.54) is 0 Å². The molecular formula is C12H18N4O. The van der Waals surface area contributed by atoms with Gasteiger partial charge in [0.2, 0.25) is 0 Å². The second kappa shape index (κ2) is 5.16. The van der Waals surface area contributed by atoms with Crippen LogP contribution < -0.4 is 10.6 Å². The number of aromatic nitrogens is 2. The molecule has 2 rings (SSSR count). The van der Waals surface area contributed by atoms with Gasteiger partial charge in [0.25, 0.3) is 0 Å². The Morgan fingerprint density at radius 2 is 2.12 bits per heavy atom. The van der Waals surface area contributed by atoms with Gasteiger partial charge < -0.3 is 15.5 Å². The minimum atomic E-state index is 0.487. The zero-order valence-corrected chi connectivity index (χ0v) is 10.3. The van der Waals surface area contributed by atoms with Gasteiger partial charge in [-0.1, -0.05) is 12.1 Å². The molecule has 0 radical (unpaired) electrons. The van der Waals surface area contributed by atoms with E-state index < -0.39 is 0 Å². The van der Waals surface area contributed by atoms with Gasteiger partial charge in [0.15, 0.2) is 5.82 Å². The van der Waals surface area contributed by atoms with Crippen molar-refractivity contribution in [2.24, 2.45) is 5.73 Å². The first-order valence-electron chi connectivity index (χ1n) is 5.67. The van der Waals surface area contributed by atoms with Crippen LogP contribution in [-0.2, 0) is 6.54 Å². The topological polar surface area (TPSA) is 56.3 Å². The molecule has 0 amide bonds. The smallest absolute Gasteiger partial charge is 0.160 e. The molecule has 1 aromatic heterocycles. The van der Waals surface area contributed by atoms with Crippen LogP contribution in [0.4, 0.5) is 0 Å². The Bertz CT molecular complexity index is 492. The molecule has 2 aromatic rings. The van der Waals surface area contributed by atoms with E-state index in [9.17, 15) is 0 Å². The summed E-state index contributed by atoms with van der Waals surface area (Å²) in [7, 11) is 4.01. The number of rotatable bonds is 5. The first-order valence-corrected chi connectivity index (χ1v) is 5.67. The fourth-order valence-corrected chi connectivity index (χ4v) is 1.72. The van der Waals surface area contributed by atoms with Crippen LogP contribution in [0.1, 0.15) is 5.82 Å². The number of hydrogen-bond acceptors (Lipinski definition) is 4. The maximum atomic E-state index is 5.64. The van der Waals surface area contributed by atoms with Crippen LogP contribution in [0.15, 0.2) is 24.3 Å². The lowest BCUT2D eigenvalue weighted by atomic mass is 10.3. The molecule has 92 valence electrons. The van der Waals surface area contributed by atoms with Gasteiger partial charge in [0, 0.05) is 6.54 Å². The highest BCUT2D eigenvalue weighted by Gasteiger charge is 2.11. The number of fused-ring (bicyclic) bond motifs is 1. The van der Waals surface area contributed by atoms with Crippen molar-refractivity contribution >= 4 is 11.0 Å². The molecule has 0 unspecified atom stereocenters. The Labute approximate surface area is 101 Å². The van der Waals surface area contributed by atoms with Crippen molar-refractivity contribution in [3.63, 3.8) is 0 Å². The lowest BCUT2D eigenvalue weighted by Gasteiger charge is -2.12. The average Bonchev–Trinajstić information content (AvgIpc) is 2.63. The molecule has 1 heterocycles. The number of hydrogen-bond donors (Lipinski definition) is 1. The highest BCUT2D eigenvalue weighted by atomic mass is 16.7. The van der Waals surface area contributed by atoms with E-state index in [2.05, 4.69) is 9.88 Å². The fourth-order valence-electron chi connectivity index (χ4n) is 1.72. The van der Waals surface area contributed by atoms with Crippen LogP contribution in [0.3, 0.4) is 0 Å². The average molecular weight is 234 g/mol. The lowest BCUT2D eigenvalue weighted by molar-refractivity contribution is 0.113. The number of imidazole rings is 1. The van der Waals surface area contributed by atoms with Crippen LogP contribution in [0.25, 0.3) is 11.0 Å². The molecule has 0 aliphatic rings. The number of nitrogens with zero attached hydrogens (tertiary/aromatic N) is 3. The molecule has 0 aliphatic heterocycles. The van der Waals surface area contributed by atoms with Gasteiger partial charge in [-0.15, -0.1) is 0 Å². The van der Waals surface area contributed by atoms with Crippen LogP contribution in [0.5, 0.6) is 0 Å². The molecule has 0 spiro atoms. The van der Waals surface area contributed by atoms with Crippen LogP contribution in [0, 0.1) is 0 Å². The molecule has 0 atom stereocenters. The molecule has 0 saturated heterocycles. The van der Waals surface area contributed by atoms with Crippen LogP contribution in [-0.4, -0.2) is 41.9 Å². The number of nitrogens with two attached hydrogens (primary N) is 1. The summed E-state index contributed by atoms with van der Waals surface area (Å²) >= 11 is 0. The third kappa shape index (κ3) is 2.57. The standard InChI is InChI=1S/C12H18N4O/c1-15(2)9-12-14-10-5-3-4-6-11(10)16(12)17-8-7-13/h3-6H,7-9,13H2,1-2H3. The van der Waals surface area contributed by atoms with E-state index in [0.717, 1.165) is 23.4 Å². The predicted octanol–water partition coefficient (Wildman–Crippen LogP) is 0.485. The molecule has 5 nitrogen and oxygen atoms in total. The molecule has 0 aliphatic carbocycles. The fraction of sp³-hybridized carbons (Fsp3) is 0.417. The van der Waals surface area contributed by atoms with Gasteiger partial charge in [-0.3, -0.25) is 0 Å². The van der Waals surface area contributed by atoms with Crippen molar-refractivity contribution in [3.8, 4) is 0 Å². The molecule has 1 aromatic carbocycles. The Balaban J connectivity index is 2.41. The van der Waals surface area contributed by atoms with Gasteiger partial charge in [0.05, 0.1) is 12.1 Å². The monoisotopic (exact) mass is 234 g/mol. The minimum Gasteiger partial charge on any atom is -0.411 e. The van der Waals surface area contributed by atoms with Crippen molar-refractivity contribution in [1.82, 2.24) is 14.6 Å². The third-order valence-electron chi connectivity index (χ3n) is 2.38. The highest BCUT2D eigenvalue weighted by Crippen LogP contribution is 2.15. The maximum absolute atomic E-state index is 5.64. The molecular weight excluding hydrogens is 216 g/mol. The predicted molar refractivity (Wildman–Crippen MR) is 67.6 cm³/mol. The first kappa shape index (κ1) is 11.9. The molecule has 0 fully saturated rings. The van der Waals surface area contributed by atoms with Gasteiger partial charge in [0.1, 0.15) is 12.1 Å². The van der Waals surface area contributed by atoms with Gasteiger partial charge in [-0.05, 0) is 26.2 Å². The molecule has 0 bridgehead atoms. The molecule has 0 saturated carbocycles. The van der Waals surface area contributed by atoms with E-state index in [1.807, 2.05) is 38.4 Å². The Morgan fingerprint density at radius 1 is 1.35 bits per heavy atom. The largest absolute Gasteiger partial charge is 0.411 e. The summed E-state index contributed by atoms with van der Waals surface area (Å²) in [6.07, 6.45) is 0. The Morgan fingerprint density at radius 3 is 2.82 bits per heavy atom. The van der Waals surface area contributed by atoms with E-state index in [0.29, 0.717) is 13.2 Å². The van der Waals surface area contributed by atoms with Crippen LogP contribution in [0.2, 0.25) is 0 Å². The van der Waals surface area contributed by atoms with E-state index in [1.54, 1.807) is 4.73 Å². The lowest BCUT2D eigenvalue weighted by Crippen LogP contribution is -2.23. The summed E-state index contributed by atoms with van der Waals surface area (Å²) in [4.78, 5) is 12.3. The van der Waals surface area contributed by atoms with Crippen molar-refractivity contribution in [2.75, 3.05) is 27.2 Å². The Hall–Kier alpha value is -1.59. The normalized spacial score (nSPS) is 11.3. The zero-order chi connectivity index (χ0) is 12.3. The van der Waals surface area contributed by atoms with E-state index in [-0.39, 0.29) is 0 Å². The maximum Gasteiger partial charge on any atom is 0.160 e. The molecule has 2 N–H and O–H groups in total. The summed E-state index contributed by atoms with van der Waals surface area (Å²) in [5.74, 6) is 0.893. The third-order valence-corrected chi connectivity index (χ3v) is 2.38. The Kier molecular flexibility index (Phi) is 3.61. The van der Waals surface area contributed by atoms with Crippen molar-refractivity contribution in [1.29, 1.82) is 0 Å². The number of benzene rings is 1. The second-order valence-corrected chi connectivity index (χ2v) is 4.17. The highest BCUT2D eigenvalue weighted by molar-refractivity contribution is 5.75. The van der Waals surface area contributed by atoms with Gasteiger partial charge in [-0.2, -0.15) is 4.73 Å². The summed E-state index contributed by atoms with van der Waals surface area (Å²) < 4.78 is 1.78. The van der Waals surface area contributed by atoms with Crippen molar-refractivity contribution < 1.29 is 4.84 Å². The molecule has 17 heavy (non-hydrogen) atoms. The van der Waals surface area contributed by atoms with Gasteiger partial charge in [-0.25, -0.2) is 4.98 Å². The van der Waals surface area contributed by atoms with Crippen molar-refractivity contribution in [3.05, 3.63) is 30.1 Å². The quantitative estimate of drug-likeness (QED) is 0.818. The minimum absolute atomic E-state index is 0.487. The van der Waals surface area contributed by atoms with Crippen LogP contribution >= 0.6 is 0 Å². The van der Waals surface area contributed by atoms with Gasteiger partial charge >= 0.3 is 0 Å². The number of para-hydroxylation sites is 2. The first-order chi connectivity index (χ1) is 8.22. The zero-order valence-electron chi connectivity index (χ0n) is 10.3. The SMILES string of the molecule is CN(C)Cc1nc2ccccc2n1OCCN.